The lowest BCUT2D eigenvalue weighted by Crippen LogP contribution is -2.15. The zero-order valence-electron chi connectivity index (χ0n) is 5.91. The van der Waals surface area contributed by atoms with Gasteiger partial charge < -0.3 is 14.9 Å². The molecule has 0 aromatic carbocycles. The van der Waals surface area contributed by atoms with Crippen molar-refractivity contribution in [2.24, 2.45) is 0 Å². The fourth-order valence-electron chi connectivity index (χ4n) is 0.400. The number of hydrogen-bond donors (Lipinski definition) is 2. The first kappa shape index (κ1) is 9.39. The average Bonchev–Trinajstić information content (AvgIpc) is 1.87. The maximum absolute atomic E-state index is 9.93. The molecule has 0 heterocycles. The molecule has 10 heavy (non-hydrogen) atoms. The normalized spacial score (nSPS) is 13.0. The van der Waals surface area contributed by atoms with Crippen LogP contribution in [0.2, 0.25) is 0 Å². The van der Waals surface area contributed by atoms with Gasteiger partial charge in [-0.05, 0) is 6.92 Å². The maximum Gasteiger partial charge on any atom is 0.305 e. The van der Waals surface area contributed by atoms with E-state index in [9.17, 15) is 4.79 Å². The van der Waals surface area contributed by atoms with Crippen molar-refractivity contribution in [3.8, 4) is 0 Å². The zero-order chi connectivity index (χ0) is 7.98. The van der Waals surface area contributed by atoms with E-state index in [4.69, 9.17) is 14.9 Å². The van der Waals surface area contributed by atoms with Gasteiger partial charge in [0.2, 0.25) is 0 Å². The van der Waals surface area contributed by atoms with Crippen molar-refractivity contribution in [1.82, 2.24) is 0 Å². The van der Waals surface area contributed by atoms with E-state index in [0.717, 1.165) is 0 Å². The average molecular weight is 148 g/mol. The first-order chi connectivity index (χ1) is 4.66. The summed E-state index contributed by atoms with van der Waals surface area (Å²) in [5.74, 6) is -0.884. The van der Waals surface area contributed by atoms with E-state index in [1.807, 2.05) is 0 Å². The molecule has 60 valence electrons. The Bertz CT molecular complexity index is 102. The van der Waals surface area contributed by atoms with E-state index in [0.29, 0.717) is 0 Å². The second kappa shape index (κ2) is 5.20. The summed E-state index contributed by atoms with van der Waals surface area (Å²) in [6, 6.07) is 0. The van der Waals surface area contributed by atoms with Gasteiger partial charge in [-0.3, -0.25) is 4.79 Å². The van der Waals surface area contributed by atoms with Gasteiger partial charge >= 0.3 is 5.97 Å². The molecular formula is C6H12O4. The number of carbonyl (C=O) groups is 1. The predicted octanol–water partition coefficient (Wildman–Crippen LogP) is -0.142. The van der Waals surface area contributed by atoms with Gasteiger partial charge in [0.1, 0.15) is 0 Å². The standard InChI is InChI=1S/C6H12O4/c1-5(4-7)10-3-2-6(8)9/h5,7H,2-4H2,1H3,(H,8,9)/t5-/m0/s1. The van der Waals surface area contributed by atoms with Gasteiger partial charge in [0.15, 0.2) is 0 Å². The number of hydrogen-bond acceptors (Lipinski definition) is 3. The van der Waals surface area contributed by atoms with Gasteiger partial charge in [0, 0.05) is 0 Å². The van der Waals surface area contributed by atoms with Crippen LogP contribution in [0.1, 0.15) is 13.3 Å². The topological polar surface area (TPSA) is 66.8 Å². The Hall–Kier alpha value is -0.610. The van der Waals surface area contributed by atoms with Crippen LogP contribution < -0.4 is 0 Å². The lowest BCUT2D eigenvalue weighted by molar-refractivity contribution is -0.138. The fourth-order valence-corrected chi connectivity index (χ4v) is 0.400. The van der Waals surface area contributed by atoms with Crippen LogP contribution in [0.15, 0.2) is 0 Å². The second-order valence-corrected chi connectivity index (χ2v) is 2.01. The van der Waals surface area contributed by atoms with E-state index in [-0.39, 0.29) is 25.7 Å². The van der Waals surface area contributed by atoms with Crippen molar-refractivity contribution in [2.45, 2.75) is 19.4 Å². The molecule has 4 nitrogen and oxygen atoms in total. The molecule has 0 bridgehead atoms. The third-order valence-electron chi connectivity index (χ3n) is 0.975. The Morgan fingerprint density at radius 2 is 2.30 bits per heavy atom. The summed E-state index contributed by atoms with van der Waals surface area (Å²) < 4.78 is 4.87. The first-order valence-corrected chi connectivity index (χ1v) is 3.11. The minimum Gasteiger partial charge on any atom is -0.481 e. The molecule has 0 amide bonds. The number of rotatable bonds is 5. The highest BCUT2D eigenvalue weighted by atomic mass is 16.5. The summed E-state index contributed by atoms with van der Waals surface area (Å²) in [7, 11) is 0. The summed E-state index contributed by atoms with van der Waals surface area (Å²) in [6.45, 7) is 1.78. The SMILES string of the molecule is C[C@@H](CO)OCCC(=O)O. The van der Waals surface area contributed by atoms with E-state index < -0.39 is 5.97 Å². The van der Waals surface area contributed by atoms with Crippen LogP contribution in [0.5, 0.6) is 0 Å². The Kier molecular flexibility index (Phi) is 4.88. The highest BCUT2D eigenvalue weighted by Crippen LogP contribution is 1.90. The molecule has 0 aliphatic carbocycles. The quantitative estimate of drug-likeness (QED) is 0.569. The Morgan fingerprint density at radius 3 is 2.70 bits per heavy atom. The molecule has 0 aromatic heterocycles. The van der Waals surface area contributed by atoms with Crippen molar-refractivity contribution >= 4 is 5.97 Å². The lowest BCUT2D eigenvalue weighted by Gasteiger charge is -2.07. The van der Waals surface area contributed by atoms with Gasteiger partial charge in [0.25, 0.3) is 0 Å². The molecule has 0 rings (SSSR count). The van der Waals surface area contributed by atoms with Crippen LogP contribution in [-0.4, -0.2) is 35.5 Å². The van der Waals surface area contributed by atoms with Gasteiger partial charge in [-0.1, -0.05) is 0 Å². The number of aliphatic hydroxyl groups is 1. The lowest BCUT2D eigenvalue weighted by atomic mass is 10.4. The van der Waals surface area contributed by atoms with Gasteiger partial charge in [0.05, 0.1) is 25.7 Å². The molecule has 2 N–H and O–H groups in total. The summed E-state index contributed by atoms with van der Waals surface area (Å²) in [5.41, 5.74) is 0. The minimum absolute atomic E-state index is 0.00958. The number of ether oxygens (including phenoxy) is 1. The first-order valence-electron chi connectivity index (χ1n) is 3.11. The molecule has 1 atom stereocenters. The molecule has 0 aliphatic heterocycles. The van der Waals surface area contributed by atoms with E-state index in [1.165, 1.54) is 0 Å². The van der Waals surface area contributed by atoms with Gasteiger partial charge in [-0.2, -0.15) is 0 Å². The Labute approximate surface area is 59.4 Å². The van der Waals surface area contributed by atoms with Crippen molar-refractivity contribution in [3.63, 3.8) is 0 Å². The third-order valence-corrected chi connectivity index (χ3v) is 0.975. The molecule has 4 heteroatoms. The number of carboxylic acids is 1. The molecule has 0 unspecified atom stereocenters. The number of carboxylic acid groups (broad SMARTS) is 1. The zero-order valence-corrected chi connectivity index (χ0v) is 5.91. The van der Waals surface area contributed by atoms with Gasteiger partial charge in [-0.25, -0.2) is 0 Å². The number of aliphatic hydroxyl groups excluding tert-OH is 1. The van der Waals surface area contributed by atoms with Crippen LogP contribution in [0.3, 0.4) is 0 Å². The van der Waals surface area contributed by atoms with Crippen molar-refractivity contribution in [1.29, 1.82) is 0 Å². The van der Waals surface area contributed by atoms with Crippen molar-refractivity contribution in [3.05, 3.63) is 0 Å². The molecule has 0 saturated carbocycles. The van der Waals surface area contributed by atoms with Crippen molar-refractivity contribution in [2.75, 3.05) is 13.2 Å². The van der Waals surface area contributed by atoms with Gasteiger partial charge in [-0.15, -0.1) is 0 Å². The molecule has 0 aliphatic rings. The molecule has 0 saturated heterocycles. The Balaban J connectivity index is 3.11. The van der Waals surface area contributed by atoms with E-state index in [2.05, 4.69) is 0 Å². The second-order valence-electron chi connectivity index (χ2n) is 2.01. The summed E-state index contributed by atoms with van der Waals surface area (Å²) >= 11 is 0. The highest BCUT2D eigenvalue weighted by molar-refractivity contribution is 5.66. The molecule has 0 fully saturated rings. The van der Waals surface area contributed by atoms with E-state index >= 15 is 0 Å². The maximum atomic E-state index is 9.93. The molecule has 0 aromatic rings. The predicted molar refractivity (Wildman–Crippen MR) is 34.8 cm³/mol. The van der Waals surface area contributed by atoms with Crippen LogP contribution in [-0.2, 0) is 9.53 Å². The van der Waals surface area contributed by atoms with Crippen LogP contribution in [0.4, 0.5) is 0 Å². The molecular weight excluding hydrogens is 136 g/mol. The van der Waals surface area contributed by atoms with Crippen LogP contribution in [0, 0.1) is 0 Å². The summed E-state index contributed by atoms with van der Waals surface area (Å²) in [4.78, 5) is 9.93. The summed E-state index contributed by atoms with van der Waals surface area (Å²) in [6.07, 6.45) is -0.274. The van der Waals surface area contributed by atoms with Crippen molar-refractivity contribution < 1.29 is 19.7 Å². The largest absolute Gasteiger partial charge is 0.481 e. The third kappa shape index (κ3) is 5.53. The Morgan fingerprint density at radius 1 is 1.70 bits per heavy atom. The highest BCUT2D eigenvalue weighted by Gasteiger charge is 2.00. The molecule has 0 spiro atoms. The van der Waals surface area contributed by atoms with E-state index in [1.54, 1.807) is 6.92 Å². The fraction of sp³-hybridized carbons (Fsp3) is 0.833. The minimum atomic E-state index is -0.884. The van der Waals surface area contributed by atoms with Crippen LogP contribution in [0.25, 0.3) is 0 Å². The number of aliphatic carboxylic acids is 1. The van der Waals surface area contributed by atoms with Crippen LogP contribution >= 0.6 is 0 Å². The smallest absolute Gasteiger partial charge is 0.305 e. The monoisotopic (exact) mass is 148 g/mol. The molecule has 0 radical (unpaired) electrons. The summed E-state index contributed by atoms with van der Waals surface area (Å²) in [5, 5.41) is 16.6.